The Labute approximate surface area is 165 Å². The molecule has 6 nitrogen and oxygen atoms in total. The summed E-state index contributed by atoms with van der Waals surface area (Å²) in [4.78, 5) is 40.6. The molecule has 0 unspecified atom stereocenters. The van der Waals surface area contributed by atoms with Crippen molar-refractivity contribution in [2.45, 2.75) is 32.2 Å². The van der Waals surface area contributed by atoms with Crippen LogP contribution in [0.1, 0.15) is 35.2 Å². The number of nitrogens with zero attached hydrogens (tertiary/aromatic N) is 3. The largest absolute Gasteiger partial charge is 0.342 e. The Balaban J connectivity index is 1.59. The molecule has 2 aromatic rings. The molecule has 1 aliphatic heterocycles. The fourth-order valence-electron chi connectivity index (χ4n) is 3.48. The Hall–Kier alpha value is -2.89. The molecule has 6 heteroatoms. The number of aryl methyl sites for hydroxylation is 1. The van der Waals surface area contributed by atoms with E-state index in [1.54, 1.807) is 16.8 Å². The zero-order valence-electron chi connectivity index (χ0n) is 16.3. The van der Waals surface area contributed by atoms with Crippen LogP contribution in [0.4, 0.5) is 0 Å². The third-order valence-corrected chi connectivity index (χ3v) is 5.14. The van der Waals surface area contributed by atoms with E-state index in [0.717, 1.165) is 38.8 Å². The van der Waals surface area contributed by atoms with Crippen molar-refractivity contribution in [3.05, 3.63) is 70.1 Å². The molecule has 0 spiro atoms. The Bertz CT molecular complexity index is 870. The first kappa shape index (κ1) is 19.9. The van der Waals surface area contributed by atoms with Gasteiger partial charge < -0.3 is 14.4 Å². The van der Waals surface area contributed by atoms with Crippen LogP contribution in [0.25, 0.3) is 0 Å². The van der Waals surface area contributed by atoms with Crippen LogP contribution in [-0.4, -0.2) is 52.9 Å². The average molecular weight is 381 g/mol. The number of benzene rings is 1. The molecule has 1 aromatic carbocycles. The maximum Gasteiger partial charge on any atom is 0.255 e. The van der Waals surface area contributed by atoms with Gasteiger partial charge in [-0.2, -0.15) is 0 Å². The number of carbonyl (C=O) groups is 2. The summed E-state index contributed by atoms with van der Waals surface area (Å²) in [5.41, 5.74) is 1.41. The van der Waals surface area contributed by atoms with Gasteiger partial charge in [0.1, 0.15) is 6.54 Å². The minimum atomic E-state index is -0.268. The highest BCUT2D eigenvalue weighted by atomic mass is 16.2. The molecule has 1 aliphatic rings. The zero-order chi connectivity index (χ0) is 19.9. The second-order valence-corrected chi connectivity index (χ2v) is 7.29. The van der Waals surface area contributed by atoms with Crippen LogP contribution < -0.4 is 5.56 Å². The summed E-state index contributed by atoms with van der Waals surface area (Å²) < 4.78 is 1.34. The Morgan fingerprint density at radius 3 is 2.46 bits per heavy atom. The smallest absolute Gasteiger partial charge is 0.255 e. The first-order valence-electron chi connectivity index (χ1n) is 9.82. The van der Waals surface area contributed by atoms with Gasteiger partial charge in [0.2, 0.25) is 5.91 Å². The van der Waals surface area contributed by atoms with Crippen molar-refractivity contribution >= 4 is 11.8 Å². The molecule has 28 heavy (non-hydrogen) atoms. The molecule has 1 saturated heterocycles. The second kappa shape index (κ2) is 9.35. The van der Waals surface area contributed by atoms with Crippen molar-refractivity contribution < 1.29 is 9.59 Å². The maximum absolute atomic E-state index is 12.7. The minimum Gasteiger partial charge on any atom is -0.342 e. The van der Waals surface area contributed by atoms with Crippen LogP contribution in [0.2, 0.25) is 0 Å². The molecule has 3 rings (SSSR count). The van der Waals surface area contributed by atoms with E-state index in [9.17, 15) is 14.4 Å². The molecule has 2 heterocycles. The van der Waals surface area contributed by atoms with Crippen molar-refractivity contribution in [2.24, 2.45) is 0 Å². The minimum absolute atomic E-state index is 0.0162. The lowest BCUT2D eigenvalue weighted by molar-refractivity contribution is -0.130. The topological polar surface area (TPSA) is 62.6 Å². The molecule has 2 amide bonds. The van der Waals surface area contributed by atoms with Crippen LogP contribution in [-0.2, 0) is 17.8 Å². The zero-order valence-corrected chi connectivity index (χ0v) is 16.3. The summed E-state index contributed by atoms with van der Waals surface area (Å²) in [7, 11) is 1.76. The highest BCUT2D eigenvalue weighted by Crippen LogP contribution is 2.09. The fourth-order valence-corrected chi connectivity index (χ4v) is 3.48. The van der Waals surface area contributed by atoms with Gasteiger partial charge in [-0.25, -0.2) is 0 Å². The number of pyridine rings is 1. The number of carbonyl (C=O) groups excluding carboxylic acids is 2. The quantitative estimate of drug-likeness (QED) is 0.738. The summed E-state index contributed by atoms with van der Waals surface area (Å²) in [6, 6.07) is 13.1. The lowest BCUT2D eigenvalue weighted by atomic mass is 10.1. The maximum atomic E-state index is 12.7. The predicted molar refractivity (Wildman–Crippen MR) is 108 cm³/mol. The van der Waals surface area contributed by atoms with Gasteiger partial charge in [-0.1, -0.05) is 30.3 Å². The molecule has 0 radical (unpaired) electrons. The monoisotopic (exact) mass is 381 g/mol. The van der Waals surface area contributed by atoms with Gasteiger partial charge in [-0.15, -0.1) is 0 Å². The number of hydrogen-bond acceptors (Lipinski definition) is 3. The number of likely N-dealkylation sites (tertiary alicyclic amines) is 1. The number of rotatable bonds is 7. The van der Waals surface area contributed by atoms with E-state index in [0.29, 0.717) is 12.1 Å². The van der Waals surface area contributed by atoms with Crippen molar-refractivity contribution in [2.75, 3.05) is 26.7 Å². The molecule has 0 atom stereocenters. The number of amides is 2. The van der Waals surface area contributed by atoms with E-state index in [4.69, 9.17) is 0 Å². The average Bonchev–Trinajstić information content (AvgIpc) is 3.25. The van der Waals surface area contributed by atoms with E-state index in [-0.39, 0.29) is 23.9 Å². The molecule has 148 valence electrons. The highest BCUT2D eigenvalue weighted by Gasteiger charge is 2.19. The SMILES string of the molecule is CN(CCCc1ccccc1)C(=O)c1ccc(=O)n(CC(=O)N2CCCC2)c1. The summed E-state index contributed by atoms with van der Waals surface area (Å²) >= 11 is 0. The summed E-state index contributed by atoms with van der Waals surface area (Å²) in [5, 5.41) is 0. The third-order valence-electron chi connectivity index (χ3n) is 5.14. The van der Waals surface area contributed by atoms with E-state index in [2.05, 4.69) is 12.1 Å². The van der Waals surface area contributed by atoms with Crippen LogP contribution >= 0.6 is 0 Å². The second-order valence-electron chi connectivity index (χ2n) is 7.29. The lowest BCUT2D eigenvalue weighted by Crippen LogP contribution is -2.35. The molecular weight excluding hydrogens is 354 g/mol. The first-order valence-corrected chi connectivity index (χ1v) is 9.82. The highest BCUT2D eigenvalue weighted by molar-refractivity contribution is 5.93. The van der Waals surface area contributed by atoms with Gasteiger partial charge in [0.05, 0.1) is 5.56 Å². The number of hydrogen-bond donors (Lipinski definition) is 0. The van der Waals surface area contributed by atoms with Crippen molar-refractivity contribution in [1.29, 1.82) is 0 Å². The number of aromatic nitrogens is 1. The van der Waals surface area contributed by atoms with Gasteiger partial charge in [0.15, 0.2) is 0 Å². The predicted octanol–water partition coefficient (Wildman–Crippen LogP) is 2.18. The van der Waals surface area contributed by atoms with Crippen LogP contribution in [0, 0.1) is 0 Å². The van der Waals surface area contributed by atoms with Crippen molar-refractivity contribution in [1.82, 2.24) is 14.4 Å². The molecule has 0 saturated carbocycles. The summed E-state index contributed by atoms with van der Waals surface area (Å²) in [5.74, 6) is -0.212. The Kier molecular flexibility index (Phi) is 6.63. The Morgan fingerprint density at radius 2 is 1.75 bits per heavy atom. The van der Waals surface area contributed by atoms with Gasteiger partial charge in [0.25, 0.3) is 11.5 Å². The molecule has 0 bridgehead atoms. The summed E-state index contributed by atoms with van der Waals surface area (Å²) in [6.07, 6.45) is 5.29. The standard InChI is InChI=1S/C22H27N3O3/c1-23(13-7-10-18-8-3-2-4-9-18)22(28)19-11-12-20(26)25(16-19)17-21(27)24-14-5-6-15-24/h2-4,8-9,11-12,16H,5-7,10,13-15,17H2,1H3. The molecular formula is C22H27N3O3. The van der Waals surface area contributed by atoms with E-state index in [1.807, 2.05) is 18.2 Å². The molecule has 0 aliphatic carbocycles. The van der Waals surface area contributed by atoms with Crippen LogP contribution in [0.15, 0.2) is 53.5 Å². The van der Waals surface area contributed by atoms with Crippen molar-refractivity contribution in [3.8, 4) is 0 Å². The first-order chi connectivity index (χ1) is 13.5. The summed E-state index contributed by atoms with van der Waals surface area (Å²) in [6.45, 7) is 2.10. The van der Waals surface area contributed by atoms with Crippen molar-refractivity contribution in [3.63, 3.8) is 0 Å². The Morgan fingerprint density at radius 1 is 1.04 bits per heavy atom. The van der Waals surface area contributed by atoms with Gasteiger partial charge in [0, 0.05) is 38.9 Å². The van der Waals surface area contributed by atoms with Gasteiger partial charge in [-0.3, -0.25) is 14.4 Å². The fraction of sp³-hybridized carbons (Fsp3) is 0.409. The van der Waals surface area contributed by atoms with E-state index >= 15 is 0 Å². The normalized spacial score (nSPS) is 13.5. The molecule has 0 N–H and O–H groups in total. The van der Waals surface area contributed by atoms with Gasteiger partial charge in [-0.05, 0) is 37.3 Å². The third kappa shape index (κ3) is 5.09. The van der Waals surface area contributed by atoms with E-state index in [1.165, 1.54) is 28.5 Å². The lowest BCUT2D eigenvalue weighted by Gasteiger charge is -2.19. The molecule has 1 aromatic heterocycles. The van der Waals surface area contributed by atoms with Gasteiger partial charge >= 0.3 is 0 Å². The van der Waals surface area contributed by atoms with Crippen LogP contribution in [0.3, 0.4) is 0 Å². The molecule has 1 fully saturated rings. The van der Waals surface area contributed by atoms with E-state index < -0.39 is 0 Å². The van der Waals surface area contributed by atoms with Crippen LogP contribution in [0.5, 0.6) is 0 Å².